The first-order chi connectivity index (χ1) is 20.2. The molecule has 3 aromatic carbocycles. The first-order valence-corrected chi connectivity index (χ1v) is 15.8. The van der Waals surface area contributed by atoms with Crippen molar-refractivity contribution in [2.75, 3.05) is 13.7 Å². The molecule has 11 heteroatoms. The lowest BCUT2D eigenvalue weighted by Crippen LogP contribution is -2.40. The highest BCUT2D eigenvalue weighted by molar-refractivity contribution is 14.1. The second-order valence-electron chi connectivity index (χ2n) is 9.10. The van der Waals surface area contributed by atoms with E-state index in [2.05, 4.69) is 45.2 Å². The third kappa shape index (κ3) is 6.08. The molecule has 1 atom stereocenters. The fraction of sp³-hybridized carbons (Fsp3) is 0.161. The predicted octanol–water partition coefficient (Wildman–Crippen LogP) is 5.08. The summed E-state index contributed by atoms with van der Waals surface area (Å²) in [6.07, 6.45) is 1.70. The first kappa shape index (κ1) is 30.2. The van der Waals surface area contributed by atoms with Gasteiger partial charge in [0.25, 0.3) is 5.56 Å². The number of carbonyl (C=O) groups excluding carboxylic acids is 2. The maximum atomic E-state index is 14.2. The molecule has 0 spiro atoms. The van der Waals surface area contributed by atoms with Crippen LogP contribution in [0.4, 0.5) is 0 Å². The molecule has 0 saturated carbocycles. The van der Waals surface area contributed by atoms with E-state index < -0.39 is 18.0 Å². The van der Waals surface area contributed by atoms with Crippen molar-refractivity contribution >= 4 is 80.2 Å². The zero-order chi connectivity index (χ0) is 30.0. The lowest BCUT2D eigenvalue weighted by molar-refractivity contribution is -0.139. The van der Waals surface area contributed by atoms with Gasteiger partial charge in [-0.2, -0.15) is 0 Å². The smallest absolute Gasteiger partial charge is 0.338 e. The molecule has 0 unspecified atom stereocenters. The molecule has 1 aliphatic rings. The van der Waals surface area contributed by atoms with Crippen molar-refractivity contribution in [3.63, 3.8) is 0 Å². The number of aromatic nitrogens is 1. The van der Waals surface area contributed by atoms with E-state index in [1.165, 1.54) is 22.8 Å². The zero-order valence-electron chi connectivity index (χ0n) is 22.7. The lowest BCUT2D eigenvalue weighted by Gasteiger charge is -2.26. The molecule has 214 valence electrons. The molecule has 2 heterocycles. The minimum Gasteiger partial charge on any atom is -0.497 e. The Hall–Kier alpha value is -3.30. The second kappa shape index (κ2) is 12.9. The number of methoxy groups -OCH3 is 1. The summed E-state index contributed by atoms with van der Waals surface area (Å²) in [6.45, 7) is 3.23. The molecule has 8 nitrogen and oxygen atoms in total. The van der Waals surface area contributed by atoms with Crippen LogP contribution in [-0.2, 0) is 14.3 Å². The highest BCUT2D eigenvalue weighted by Crippen LogP contribution is 2.36. The van der Waals surface area contributed by atoms with E-state index in [1.54, 1.807) is 32.2 Å². The second-order valence-corrected chi connectivity index (χ2v) is 12.5. The normalized spacial score (nSPS) is 14.7. The van der Waals surface area contributed by atoms with Crippen LogP contribution in [0.15, 0.2) is 82.1 Å². The van der Waals surface area contributed by atoms with Crippen molar-refractivity contribution in [2.45, 2.75) is 19.9 Å². The highest BCUT2D eigenvalue weighted by atomic mass is 127. The number of nitrogens with zero attached hydrogens (tertiary/aromatic N) is 2. The molecule has 0 fully saturated rings. The number of benzene rings is 3. The van der Waals surface area contributed by atoms with Gasteiger partial charge in [0.15, 0.2) is 10.6 Å². The molecular formula is C31H24I2N2O6S. The number of carbonyl (C=O) groups is 2. The van der Waals surface area contributed by atoms with Crippen LogP contribution in [0.5, 0.6) is 11.5 Å². The monoisotopic (exact) mass is 806 g/mol. The van der Waals surface area contributed by atoms with Gasteiger partial charge in [0, 0.05) is 21.6 Å². The Morgan fingerprint density at radius 1 is 1.07 bits per heavy atom. The predicted molar refractivity (Wildman–Crippen MR) is 177 cm³/mol. The average molecular weight is 806 g/mol. The van der Waals surface area contributed by atoms with E-state index in [9.17, 15) is 14.4 Å². The van der Waals surface area contributed by atoms with Crippen LogP contribution >= 0.6 is 56.5 Å². The molecule has 42 heavy (non-hydrogen) atoms. The highest BCUT2D eigenvalue weighted by Gasteiger charge is 2.35. The number of ether oxygens (including phenoxy) is 3. The minimum atomic E-state index is -0.812. The Bertz CT molecular complexity index is 1900. The van der Waals surface area contributed by atoms with Gasteiger partial charge in [0.05, 0.1) is 39.1 Å². The van der Waals surface area contributed by atoms with Crippen LogP contribution in [0.1, 0.15) is 36.6 Å². The minimum absolute atomic E-state index is 0.161. The maximum Gasteiger partial charge on any atom is 0.338 e. The van der Waals surface area contributed by atoms with Crippen molar-refractivity contribution in [2.24, 2.45) is 4.99 Å². The molecule has 0 amide bonds. The summed E-state index contributed by atoms with van der Waals surface area (Å²) in [5, 5.41) is 0. The largest absolute Gasteiger partial charge is 0.497 e. The lowest BCUT2D eigenvalue weighted by atomic mass is 9.93. The third-order valence-corrected chi connectivity index (χ3v) is 8.78. The van der Waals surface area contributed by atoms with E-state index in [0.29, 0.717) is 37.7 Å². The summed E-state index contributed by atoms with van der Waals surface area (Å²) in [4.78, 5) is 44.9. The van der Waals surface area contributed by atoms with E-state index in [1.807, 2.05) is 54.6 Å². The molecule has 0 radical (unpaired) electrons. The summed E-state index contributed by atoms with van der Waals surface area (Å²) < 4.78 is 19.9. The number of halogens is 2. The van der Waals surface area contributed by atoms with Crippen molar-refractivity contribution in [3.8, 4) is 11.5 Å². The fourth-order valence-corrected chi connectivity index (χ4v) is 7.61. The van der Waals surface area contributed by atoms with Crippen molar-refractivity contribution in [1.82, 2.24) is 4.57 Å². The van der Waals surface area contributed by atoms with E-state index in [4.69, 9.17) is 19.2 Å². The number of fused-ring (bicyclic) bond motifs is 1. The molecule has 5 rings (SSSR count). The van der Waals surface area contributed by atoms with Gasteiger partial charge in [-0.3, -0.25) is 14.2 Å². The number of hydrogen-bond donors (Lipinski definition) is 0. The summed E-state index contributed by atoms with van der Waals surface area (Å²) in [7, 11) is 1.57. The van der Waals surface area contributed by atoms with Crippen LogP contribution in [0.2, 0.25) is 0 Å². The molecule has 1 aliphatic heterocycles. The maximum absolute atomic E-state index is 14.2. The van der Waals surface area contributed by atoms with Gasteiger partial charge in [-0.15, -0.1) is 0 Å². The Morgan fingerprint density at radius 2 is 1.79 bits per heavy atom. The Balaban J connectivity index is 1.83. The Morgan fingerprint density at radius 3 is 2.43 bits per heavy atom. The summed E-state index contributed by atoms with van der Waals surface area (Å²) in [5.41, 5.74) is 2.36. The van der Waals surface area contributed by atoms with Crippen molar-refractivity contribution < 1.29 is 23.8 Å². The summed E-state index contributed by atoms with van der Waals surface area (Å²) in [6, 6.07) is 19.5. The van der Waals surface area contributed by atoms with Crippen LogP contribution in [0.3, 0.4) is 0 Å². The standard InChI is InChI=1S/C31H24I2N2O6S/c1-4-40-30(38)25-26(18-8-6-5-7-9-18)34-31-35(27(25)19-10-12-22(39-3)13-11-19)29(37)24(42-31)15-20-14-21(32)16-23(33)28(20)41-17(2)36/h5-16,27H,4H2,1-3H3/b24-15-/t27-/m0/s1. The van der Waals surface area contributed by atoms with Crippen LogP contribution < -0.4 is 24.4 Å². The van der Waals surface area contributed by atoms with E-state index in [0.717, 1.165) is 12.7 Å². The van der Waals surface area contributed by atoms with Gasteiger partial charge in [-0.05, 0) is 88.0 Å². The number of hydrogen-bond acceptors (Lipinski definition) is 8. The fourth-order valence-electron chi connectivity index (χ4n) is 4.62. The number of esters is 2. The molecule has 0 aliphatic carbocycles. The van der Waals surface area contributed by atoms with Crippen molar-refractivity contribution in [1.29, 1.82) is 0 Å². The van der Waals surface area contributed by atoms with Crippen LogP contribution in [0, 0.1) is 7.14 Å². The van der Waals surface area contributed by atoms with E-state index in [-0.39, 0.29) is 17.7 Å². The van der Waals surface area contributed by atoms with E-state index >= 15 is 0 Å². The van der Waals surface area contributed by atoms with Crippen molar-refractivity contribution in [3.05, 3.63) is 116 Å². The van der Waals surface area contributed by atoms with Gasteiger partial charge in [-0.1, -0.05) is 53.8 Å². The Kier molecular flexibility index (Phi) is 9.28. The quantitative estimate of drug-likeness (QED) is 0.147. The van der Waals surface area contributed by atoms with Crippen LogP contribution in [0.25, 0.3) is 11.8 Å². The van der Waals surface area contributed by atoms with Gasteiger partial charge < -0.3 is 14.2 Å². The molecule has 0 N–H and O–H groups in total. The van der Waals surface area contributed by atoms with Gasteiger partial charge in [0.1, 0.15) is 5.75 Å². The van der Waals surface area contributed by atoms with Gasteiger partial charge in [-0.25, -0.2) is 9.79 Å². The third-order valence-electron chi connectivity index (χ3n) is 6.37. The summed E-state index contributed by atoms with van der Waals surface area (Å²) >= 11 is 5.49. The zero-order valence-corrected chi connectivity index (χ0v) is 27.9. The SMILES string of the molecule is CCOC(=O)C1=C(c2ccccc2)N=c2s/c(=C\c3cc(I)cc(I)c3OC(C)=O)c(=O)n2[C@H]1c1ccc(OC)cc1. The summed E-state index contributed by atoms with van der Waals surface area (Å²) in [5.74, 6) is -0.00327. The Labute approximate surface area is 272 Å². The van der Waals surface area contributed by atoms with Gasteiger partial charge in [0.2, 0.25) is 0 Å². The molecule has 0 bridgehead atoms. The molecule has 1 aromatic heterocycles. The average Bonchev–Trinajstić information content (AvgIpc) is 3.28. The number of thiazole rings is 1. The topological polar surface area (TPSA) is 96.2 Å². The molecule has 0 saturated heterocycles. The first-order valence-electron chi connectivity index (χ1n) is 12.8. The number of rotatable bonds is 7. The molecule has 4 aromatic rings. The van der Waals surface area contributed by atoms with Gasteiger partial charge >= 0.3 is 11.9 Å². The molecular weight excluding hydrogens is 782 g/mol. The van der Waals surface area contributed by atoms with Crippen LogP contribution in [-0.4, -0.2) is 30.2 Å².